The zero-order valence-corrected chi connectivity index (χ0v) is 15.4. The fraction of sp³-hybridized carbons (Fsp3) is 0.579. The maximum absolute atomic E-state index is 13.1. The SMILES string of the molecule is CNCCNC(=O)C1CC2CCCCC2N1C(=O)c1ccc(Cl)cc1. The van der Waals surface area contributed by atoms with Gasteiger partial charge in [0, 0.05) is 29.7 Å². The van der Waals surface area contributed by atoms with E-state index in [1.165, 1.54) is 6.42 Å². The third-order valence-electron chi connectivity index (χ3n) is 5.39. The van der Waals surface area contributed by atoms with Crippen molar-refractivity contribution in [2.75, 3.05) is 20.1 Å². The maximum Gasteiger partial charge on any atom is 0.254 e. The summed E-state index contributed by atoms with van der Waals surface area (Å²) in [6, 6.07) is 6.76. The van der Waals surface area contributed by atoms with Gasteiger partial charge in [-0.3, -0.25) is 9.59 Å². The summed E-state index contributed by atoms with van der Waals surface area (Å²) in [5.74, 6) is 0.344. The van der Waals surface area contributed by atoms with Crippen LogP contribution >= 0.6 is 11.6 Å². The van der Waals surface area contributed by atoms with Gasteiger partial charge in [-0.25, -0.2) is 0 Å². The summed E-state index contributed by atoms with van der Waals surface area (Å²) < 4.78 is 0. The van der Waals surface area contributed by atoms with Crippen LogP contribution < -0.4 is 10.6 Å². The first-order chi connectivity index (χ1) is 12.1. The lowest BCUT2D eigenvalue weighted by atomic mass is 9.84. The molecule has 3 unspecified atom stereocenters. The van der Waals surface area contributed by atoms with Crippen molar-refractivity contribution in [3.63, 3.8) is 0 Å². The van der Waals surface area contributed by atoms with Crippen LogP contribution in [0.25, 0.3) is 0 Å². The molecular formula is C19H26ClN3O2. The Labute approximate surface area is 154 Å². The molecule has 1 heterocycles. The smallest absolute Gasteiger partial charge is 0.254 e. The van der Waals surface area contributed by atoms with Gasteiger partial charge in [0.2, 0.25) is 5.91 Å². The van der Waals surface area contributed by atoms with E-state index in [2.05, 4.69) is 10.6 Å². The Bertz CT molecular complexity index is 620. The fourth-order valence-corrected chi connectivity index (χ4v) is 4.28. The van der Waals surface area contributed by atoms with E-state index >= 15 is 0 Å². The molecule has 0 aromatic heterocycles. The van der Waals surface area contributed by atoms with Crippen LogP contribution in [-0.2, 0) is 4.79 Å². The summed E-state index contributed by atoms with van der Waals surface area (Å²) in [4.78, 5) is 27.7. The number of carbonyl (C=O) groups is 2. The Morgan fingerprint density at radius 2 is 1.88 bits per heavy atom. The molecule has 0 radical (unpaired) electrons. The van der Waals surface area contributed by atoms with Gasteiger partial charge in [0.05, 0.1) is 0 Å². The average molecular weight is 364 g/mol. The molecular weight excluding hydrogens is 338 g/mol. The minimum absolute atomic E-state index is 0.0352. The van der Waals surface area contributed by atoms with E-state index in [0.29, 0.717) is 23.0 Å². The van der Waals surface area contributed by atoms with Gasteiger partial charge in [0.25, 0.3) is 5.91 Å². The Hall–Kier alpha value is -1.59. The molecule has 1 aliphatic carbocycles. The second-order valence-electron chi connectivity index (χ2n) is 6.98. The maximum atomic E-state index is 13.1. The first-order valence-corrected chi connectivity index (χ1v) is 9.50. The third kappa shape index (κ3) is 3.98. The molecule has 2 amide bonds. The Balaban J connectivity index is 1.81. The highest BCUT2D eigenvalue weighted by Crippen LogP contribution is 2.40. The highest BCUT2D eigenvalue weighted by atomic mass is 35.5. The second-order valence-corrected chi connectivity index (χ2v) is 7.41. The standard InChI is InChI=1S/C19H26ClN3O2/c1-21-10-11-22-18(24)17-12-14-4-2-3-5-16(14)23(17)19(25)13-6-8-15(20)9-7-13/h6-9,14,16-17,21H,2-5,10-12H2,1H3,(H,22,24). The number of rotatable bonds is 5. The lowest BCUT2D eigenvalue weighted by molar-refractivity contribution is -0.125. The van der Waals surface area contributed by atoms with Gasteiger partial charge in [-0.15, -0.1) is 0 Å². The number of hydrogen-bond acceptors (Lipinski definition) is 3. The number of benzene rings is 1. The molecule has 2 fully saturated rings. The molecule has 0 spiro atoms. The number of likely N-dealkylation sites (tertiary alicyclic amines) is 1. The largest absolute Gasteiger partial charge is 0.353 e. The highest BCUT2D eigenvalue weighted by molar-refractivity contribution is 6.30. The van der Waals surface area contributed by atoms with Crippen molar-refractivity contribution in [2.45, 2.75) is 44.2 Å². The summed E-state index contributed by atoms with van der Waals surface area (Å²) in [7, 11) is 1.85. The summed E-state index contributed by atoms with van der Waals surface area (Å²) in [6.07, 6.45) is 5.19. The van der Waals surface area contributed by atoms with Gasteiger partial charge in [-0.2, -0.15) is 0 Å². The van der Waals surface area contributed by atoms with E-state index in [-0.39, 0.29) is 23.9 Å². The molecule has 1 aliphatic heterocycles. The molecule has 1 saturated carbocycles. The molecule has 1 aromatic rings. The van der Waals surface area contributed by atoms with E-state index in [1.807, 2.05) is 11.9 Å². The van der Waals surface area contributed by atoms with Gasteiger partial charge in [0.15, 0.2) is 0 Å². The zero-order chi connectivity index (χ0) is 17.8. The lowest BCUT2D eigenvalue weighted by Crippen LogP contribution is -2.50. The molecule has 6 heteroatoms. The van der Waals surface area contributed by atoms with Crippen molar-refractivity contribution in [2.24, 2.45) is 5.92 Å². The van der Waals surface area contributed by atoms with Crippen molar-refractivity contribution < 1.29 is 9.59 Å². The molecule has 0 bridgehead atoms. The first kappa shape index (κ1) is 18.2. The van der Waals surface area contributed by atoms with Crippen LogP contribution in [0.3, 0.4) is 0 Å². The number of nitrogens with one attached hydrogen (secondary N) is 2. The van der Waals surface area contributed by atoms with Gasteiger partial charge < -0.3 is 15.5 Å². The Morgan fingerprint density at radius 3 is 2.60 bits per heavy atom. The lowest BCUT2D eigenvalue weighted by Gasteiger charge is -2.33. The van der Waals surface area contributed by atoms with Crippen LogP contribution in [0.15, 0.2) is 24.3 Å². The normalized spacial score (nSPS) is 25.5. The van der Waals surface area contributed by atoms with Crippen molar-refractivity contribution in [1.82, 2.24) is 15.5 Å². The molecule has 136 valence electrons. The van der Waals surface area contributed by atoms with Crippen LogP contribution in [0.1, 0.15) is 42.5 Å². The van der Waals surface area contributed by atoms with Crippen LogP contribution in [0.4, 0.5) is 0 Å². The molecule has 1 saturated heterocycles. The summed E-state index contributed by atoms with van der Waals surface area (Å²) >= 11 is 5.94. The monoisotopic (exact) mass is 363 g/mol. The minimum atomic E-state index is -0.367. The quantitative estimate of drug-likeness (QED) is 0.790. The number of halogens is 1. The van der Waals surface area contributed by atoms with E-state index in [1.54, 1.807) is 24.3 Å². The molecule has 3 rings (SSSR count). The molecule has 25 heavy (non-hydrogen) atoms. The van der Waals surface area contributed by atoms with E-state index in [4.69, 9.17) is 11.6 Å². The third-order valence-corrected chi connectivity index (χ3v) is 5.64. The van der Waals surface area contributed by atoms with Gasteiger partial charge in [-0.05, 0) is 56.5 Å². The second kappa shape index (κ2) is 8.19. The molecule has 1 aromatic carbocycles. The molecule has 5 nitrogen and oxygen atoms in total. The van der Waals surface area contributed by atoms with Crippen LogP contribution in [-0.4, -0.2) is 48.9 Å². The summed E-state index contributed by atoms with van der Waals surface area (Å²) in [5.41, 5.74) is 0.601. The van der Waals surface area contributed by atoms with Crippen LogP contribution in [0.5, 0.6) is 0 Å². The van der Waals surface area contributed by atoms with E-state index < -0.39 is 0 Å². The Kier molecular flexibility index (Phi) is 5.97. The highest BCUT2D eigenvalue weighted by Gasteiger charge is 2.47. The average Bonchev–Trinajstić information content (AvgIpc) is 3.01. The van der Waals surface area contributed by atoms with E-state index in [9.17, 15) is 9.59 Å². The topological polar surface area (TPSA) is 61.4 Å². The Morgan fingerprint density at radius 1 is 1.16 bits per heavy atom. The van der Waals surface area contributed by atoms with Gasteiger partial charge >= 0.3 is 0 Å². The number of likely N-dealkylation sites (N-methyl/N-ethyl adjacent to an activating group) is 1. The number of hydrogen-bond donors (Lipinski definition) is 2. The number of fused-ring (bicyclic) bond motifs is 1. The van der Waals surface area contributed by atoms with Crippen LogP contribution in [0, 0.1) is 5.92 Å². The van der Waals surface area contributed by atoms with Crippen molar-refractivity contribution in [3.8, 4) is 0 Å². The molecule has 2 aliphatic rings. The van der Waals surface area contributed by atoms with Crippen molar-refractivity contribution in [3.05, 3.63) is 34.9 Å². The molecule has 3 atom stereocenters. The van der Waals surface area contributed by atoms with Crippen LogP contribution in [0.2, 0.25) is 5.02 Å². The van der Waals surface area contributed by atoms with Gasteiger partial charge in [-0.1, -0.05) is 24.4 Å². The van der Waals surface area contributed by atoms with Crippen molar-refractivity contribution in [1.29, 1.82) is 0 Å². The predicted molar refractivity (Wildman–Crippen MR) is 98.7 cm³/mol. The number of nitrogens with zero attached hydrogens (tertiary/aromatic N) is 1. The number of carbonyl (C=O) groups excluding carboxylic acids is 2. The molecule has 2 N–H and O–H groups in total. The first-order valence-electron chi connectivity index (χ1n) is 9.12. The summed E-state index contributed by atoms with van der Waals surface area (Å²) in [5, 5.41) is 6.59. The van der Waals surface area contributed by atoms with Crippen molar-refractivity contribution >= 4 is 23.4 Å². The minimum Gasteiger partial charge on any atom is -0.353 e. The zero-order valence-electron chi connectivity index (χ0n) is 14.6. The number of amides is 2. The van der Waals surface area contributed by atoms with E-state index in [0.717, 1.165) is 32.2 Å². The fourth-order valence-electron chi connectivity index (χ4n) is 4.16. The summed E-state index contributed by atoms with van der Waals surface area (Å²) in [6.45, 7) is 1.29. The van der Waals surface area contributed by atoms with Gasteiger partial charge in [0.1, 0.15) is 6.04 Å². The predicted octanol–water partition coefficient (Wildman–Crippen LogP) is 2.45.